The third-order valence-electron chi connectivity index (χ3n) is 3.74. The van der Waals surface area contributed by atoms with E-state index in [0.717, 1.165) is 22.6 Å². The molecule has 0 saturated heterocycles. The first-order valence-electron chi connectivity index (χ1n) is 7.91. The summed E-state index contributed by atoms with van der Waals surface area (Å²) in [5.74, 6) is -2.27. The molecule has 0 bridgehead atoms. The van der Waals surface area contributed by atoms with E-state index in [1.54, 1.807) is 12.1 Å². The van der Waals surface area contributed by atoms with Gasteiger partial charge in [0.1, 0.15) is 18.2 Å². The van der Waals surface area contributed by atoms with E-state index in [0.29, 0.717) is 17.7 Å². The van der Waals surface area contributed by atoms with E-state index >= 15 is 0 Å². The molecule has 0 aliphatic rings. The molecule has 2 aromatic rings. The molecule has 0 aromatic heterocycles. The van der Waals surface area contributed by atoms with E-state index in [1.807, 2.05) is 12.1 Å². The highest BCUT2D eigenvalue weighted by Gasteiger charge is 2.19. The van der Waals surface area contributed by atoms with Crippen LogP contribution in [0.1, 0.15) is 32.3 Å². The van der Waals surface area contributed by atoms with E-state index in [2.05, 4.69) is 19.2 Å². The Morgan fingerprint density at radius 2 is 1.72 bits per heavy atom. The van der Waals surface area contributed by atoms with Gasteiger partial charge in [-0.25, -0.2) is 8.78 Å². The third kappa shape index (κ3) is 4.86. The van der Waals surface area contributed by atoms with Crippen LogP contribution >= 0.6 is 0 Å². The fraction of sp³-hybridized carbons (Fsp3) is 0.263. The van der Waals surface area contributed by atoms with Gasteiger partial charge < -0.3 is 10.2 Å². The van der Waals surface area contributed by atoms with Crippen molar-refractivity contribution in [2.45, 2.75) is 26.7 Å². The fourth-order valence-corrected chi connectivity index (χ4v) is 2.36. The van der Waals surface area contributed by atoms with Gasteiger partial charge in [-0.2, -0.15) is 0 Å². The Hall–Kier alpha value is -2.76. The number of hydrogen-bond donors (Lipinski definition) is 1. The smallest absolute Gasteiger partial charge is 0.244 e. The van der Waals surface area contributed by atoms with Gasteiger partial charge in [0, 0.05) is 18.7 Å². The molecule has 0 saturated carbocycles. The summed E-state index contributed by atoms with van der Waals surface area (Å²) in [5.41, 5.74) is 1.58. The number of rotatable bonds is 5. The number of nitrogens with one attached hydrogen (secondary N) is 1. The van der Waals surface area contributed by atoms with Crippen molar-refractivity contribution in [1.82, 2.24) is 0 Å². The molecule has 25 heavy (non-hydrogen) atoms. The molecular formula is C19H20F2N2O2. The SMILES string of the molecule is CC(=O)N(CC(=O)Nc1ccc(C(C)C)cc1)c1ccc(F)cc1F. The Morgan fingerprint density at radius 3 is 2.24 bits per heavy atom. The summed E-state index contributed by atoms with van der Waals surface area (Å²) < 4.78 is 26.9. The van der Waals surface area contributed by atoms with Crippen LogP contribution in [0, 0.1) is 11.6 Å². The van der Waals surface area contributed by atoms with Crippen LogP contribution < -0.4 is 10.2 Å². The summed E-state index contributed by atoms with van der Waals surface area (Å²) in [5, 5.41) is 2.66. The average Bonchev–Trinajstić information content (AvgIpc) is 2.53. The van der Waals surface area contributed by atoms with Gasteiger partial charge in [-0.1, -0.05) is 26.0 Å². The minimum absolute atomic E-state index is 0.140. The summed E-state index contributed by atoms with van der Waals surface area (Å²) in [6.07, 6.45) is 0. The fourth-order valence-electron chi connectivity index (χ4n) is 2.36. The second-order valence-corrected chi connectivity index (χ2v) is 6.03. The second kappa shape index (κ2) is 7.88. The molecule has 4 nitrogen and oxygen atoms in total. The third-order valence-corrected chi connectivity index (χ3v) is 3.74. The Bertz CT molecular complexity index is 773. The van der Waals surface area contributed by atoms with Crippen LogP contribution in [0.15, 0.2) is 42.5 Å². The zero-order valence-electron chi connectivity index (χ0n) is 14.3. The Labute approximate surface area is 145 Å². The first kappa shape index (κ1) is 18.6. The largest absolute Gasteiger partial charge is 0.325 e. The highest BCUT2D eigenvalue weighted by atomic mass is 19.1. The molecular weight excluding hydrogens is 326 g/mol. The molecule has 2 aromatic carbocycles. The van der Waals surface area contributed by atoms with E-state index in [9.17, 15) is 18.4 Å². The predicted octanol–water partition coefficient (Wildman–Crippen LogP) is 4.08. The van der Waals surface area contributed by atoms with Gasteiger partial charge in [-0.15, -0.1) is 0 Å². The molecule has 0 spiro atoms. The quantitative estimate of drug-likeness (QED) is 0.887. The maximum absolute atomic E-state index is 13.9. The van der Waals surface area contributed by atoms with Crippen LogP contribution in [0.4, 0.5) is 20.2 Å². The van der Waals surface area contributed by atoms with Crippen molar-refractivity contribution in [3.05, 3.63) is 59.7 Å². The Kier molecular flexibility index (Phi) is 5.85. The van der Waals surface area contributed by atoms with Crippen molar-refractivity contribution >= 4 is 23.2 Å². The summed E-state index contributed by atoms with van der Waals surface area (Å²) in [6.45, 7) is 4.97. The average molecular weight is 346 g/mol. The number of nitrogens with zero attached hydrogens (tertiary/aromatic N) is 1. The Balaban J connectivity index is 2.11. The minimum Gasteiger partial charge on any atom is -0.325 e. The van der Waals surface area contributed by atoms with Crippen molar-refractivity contribution in [3.8, 4) is 0 Å². The van der Waals surface area contributed by atoms with Crippen LogP contribution in [-0.4, -0.2) is 18.4 Å². The van der Waals surface area contributed by atoms with Gasteiger partial charge in [0.15, 0.2) is 0 Å². The first-order valence-corrected chi connectivity index (χ1v) is 7.91. The lowest BCUT2D eigenvalue weighted by atomic mass is 10.0. The molecule has 6 heteroatoms. The van der Waals surface area contributed by atoms with Crippen molar-refractivity contribution < 1.29 is 18.4 Å². The lowest BCUT2D eigenvalue weighted by Gasteiger charge is -2.21. The molecule has 132 valence electrons. The maximum atomic E-state index is 13.9. The predicted molar refractivity (Wildman–Crippen MR) is 93.5 cm³/mol. The normalized spacial score (nSPS) is 10.6. The van der Waals surface area contributed by atoms with Crippen molar-refractivity contribution in [3.63, 3.8) is 0 Å². The van der Waals surface area contributed by atoms with E-state index < -0.39 is 23.4 Å². The number of hydrogen-bond acceptors (Lipinski definition) is 2. The molecule has 0 aliphatic carbocycles. The van der Waals surface area contributed by atoms with Crippen LogP contribution in [0.25, 0.3) is 0 Å². The number of amides is 2. The van der Waals surface area contributed by atoms with Crippen molar-refractivity contribution in [2.24, 2.45) is 0 Å². The van der Waals surface area contributed by atoms with Gasteiger partial charge in [0.05, 0.1) is 5.69 Å². The highest BCUT2D eigenvalue weighted by Crippen LogP contribution is 2.21. The van der Waals surface area contributed by atoms with Gasteiger partial charge >= 0.3 is 0 Å². The minimum atomic E-state index is -0.899. The molecule has 2 rings (SSSR count). The van der Waals surface area contributed by atoms with E-state index in [-0.39, 0.29) is 12.2 Å². The van der Waals surface area contributed by atoms with E-state index in [1.165, 1.54) is 6.92 Å². The molecule has 1 N–H and O–H groups in total. The first-order chi connectivity index (χ1) is 11.8. The zero-order valence-corrected chi connectivity index (χ0v) is 14.3. The molecule has 0 heterocycles. The van der Waals surface area contributed by atoms with Gasteiger partial charge in [0.25, 0.3) is 0 Å². The second-order valence-electron chi connectivity index (χ2n) is 6.03. The van der Waals surface area contributed by atoms with Crippen molar-refractivity contribution in [1.29, 1.82) is 0 Å². The molecule has 0 fully saturated rings. The van der Waals surface area contributed by atoms with Crippen molar-refractivity contribution in [2.75, 3.05) is 16.8 Å². The molecule has 0 radical (unpaired) electrons. The number of halogens is 2. The highest BCUT2D eigenvalue weighted by molar-refractivity contribution is 6.01. The molecule has 0 unspecified atom stereocenters. The summed E-state index contributed by atoms with van der Waals surface area (Å²) in [6, 6.07) is 10.2. The van der Waals surface area contributed by atoms with Gasteiger partial charge in [0.2, 0.25) is 11.8 Å². The van der Waals surface area contributed by atoms with Crippen LogP contribution in [0.5, 0.6) is 0 Å². The standard InChI is InChI=1S/C19H20F2N2O2/c1-12(2)14-4-7-16(8-5-14)22-19(25)11-23(13(3)24)18-9-6-15(20)10-17(18)21/h4-10,12H,11H2,1-3H3,(H,22,25). The molecule has 2 amide bonds. The zero-order chi connectivity index (χ0) is 18.6. The lowest BCUT2D eigenvalue weighted by molar-refractivity contribution is -0.120. The van der Waals surface area contributed by atoms with Crippen LogP contribution in [0.3, 0.4) is 0 Å². The van der Waals surface area contributed by atoms with Crippen LogP contribution in [-0.2, 0) is 9.59 Å². The maximum Gasteiger partial charge on any atom is 0.244 e. The Morgan fingerprint density at radius 1 is 1.08 bits per heavy atom. The molecule has 0 atom stereocenters. The monoisotopic (exact) mass is 346 g/mol. The topological polar surface area (TPSA) is 49.4 Å². The van der Waals surface area contributed by atoms with E-state index in [4.69, 9.17) is 0 Å². The number of carbonyl (C=O) groups excluding carboxylic acids is 2. The van der Waals surface area contributed by atoms with Gasteiger partial charge in [-0.3, -0.25) is 9.59 Å². The summed E-state index contributed by atoms with van der Waals surface area (Å²) >= 11 is 0. The lowest BCUT2D eigenvalue weighted by Crippen LogP contribution is -2.37. The molecule has 0 aliphatic heterocycles. The number of benzene rings is 2. The number of anilines is 2. The van der Waals surface area contributed by atoms with Crippen LogP contribution in [0.2, 0.25) is 0 Å². The van der Waals surface area contributed by atoms with Gasteiger partial charge in [-0.05, 0) is 35.7 Å². The summed E-state index contributed by atoms with van der Waals surface area (Å²) in [7, 11) is 0. The summed E-state index contributed by atoms with van der Waals surface area (Å²) in [4.78, 5) is 24.9. The number of carbonyl (C=O) groups is 2.